The van der Waals surface area contributed by atoms with Gasteiger partial charge >= 0.3 is 5.97 Å². The van der Waals surface area contributed by atoms with Crippen molar-refractivity contribution in [3.8, 4) is 11.5 Å². The molecule has 1 amide bonds. The summed E-state index contributed by atoms with van der Waals surface area (Å²) in [6.45, 7) is 4.29. The number of hydrogen-bond acceptors (Lipinski definition) is 8. The van der Waals surface area contributed by atoms with Gasteiger partial charge in [0, 0.05) is 23.4 Å². The fourth-order valence-electron chi connectivity index (χ4n) is 4.66. The van der Waals surface area contributed by atoms with Crippen LogP contribution in [0.25, 0.3) is 5.76 Å². The summed E-state index contributed by atoms with van der Waals surface area (Å²) in [6, 6.07) is 4.26. The Bertz CT molecular complexity index is 1210. The molecule has 1 atom stereocenters. The number of aliphatic hydroxyl groups excluding tert-OH is 1. The van der Waals surface area contributed by atoms with Crippen LogP contribution in [0.2, 0.25) is 0 Å². The van der Waals surface area contributed by atoms with E-state index in [-0.39, 0.29) is 29.1 Å². The quantitative estimate of drug-likeness (QED) is 0.234. The number of ether oxygens (including phenoxy) is 3. The van der Waals surface area contributed by atoms with Crippen molar-refractivity contribution in [3.63, 3.8) is 0 Å². The minimum absolute atomic E-state index is 0.0852. The van der Waals surface area contributed by atoms with Crippen LogP contribution in [-0.4, -0.2) is 86.1 Å². The van der Waals surface area contributed by atoms with Crippen LogP contribution in [0, 0.1) is 13.8 Å². The number of esters is 1. The van der Waals surface area contributed by atoms with Crippen LogP contribution in [0.5, 0.6) is 11.5 Å². The van der Waals surface area contributed by atoms with Crippen molar-refractivity contribution in [2.75, 3.05) is 48.5 Å². The highest BCUT2D eigenvalue weighted by atomic mass is 16.5. The van der Waals surface area contributed by atoms with Gasteiger partial charge in [0.25, 0.3) is 11.7 Å². The van der Waals surface area contributed by atoms with Gasteiger partial charge in [0.15, 0.2) is 11.5 Å². The Morgan fingerprint density at radius 3 is 2.42 bits per heavy atom. The Labute approximate surface area is 210 Å². The van der Waals surface area contributed by atoms with Gasteiger partial charge in [-0.2, -0.15) is 0 Å². The summed E-state index contributed by atoms with van der Waals surface area (Å²) in [6.07, 6.45) is 0.609. The lowest BCUT2D eigenvalue weighted by atomic mass is 9.93. The molecule has 0 spiro atoms. The molecule has 0 unspecified atom stereocenters. The first-order chi connectivity index (χ1) is 17.1. The van der Waals surface area contributed by atoms with Crippen molar-refractivity contribution in [1.82, 2.24) is 14.8 Å². The number of nitrogens with zero attached hydrogens (tertiary/aromatic N) is 2. The van der Waals surface area contributed by atoms with Gasteiger partial charge in [0.05, 0.1) is 32.9 Å². The van der Waals surface area contributed by atoms with Crippen LogP contribution in [0.1, 0.15) is 45.3 Å². The molecule has 1 aliphatic heterocycles. The summed E-state index contributed by atoms with van der Waals surface area (Å²) in [5, 5.41) is 11.5. The van der Waals surface area contributed by atoms with Crippen molar-refractivity contribution in [3.05, 3.63) is 51.9 Å². The number of nitrogens with one attached hydrogen (secondary N) is 1. The predicted molar refractivity (Wildman–Crippen MR) is 133 cm³/mol. The third-order valence-electron chi connectivity index (χ3n) is 6.34. The van der Waals surface area contributed by atoms with Gasteiger partial charge < -0.3 is 34.1 Å². The van der Waals surface area contributed by atoms with Gasteiger partial charge in [-0.15, -0.1) is 0 Å². The first-order valence-electron chi connectivity index (χ1n) is 11.5. The van der Waals surface area contributed by atoms with E-state index in [2.05, 4.69) is 4.98 Å². The summed E-state index contributed by atoms with van der Waals surface area (Å²) in [7, 11) is 8.07. The van der Waals surface area contributed by atoms with Gasteiger partial charge in [-0.3, -0.25) is 9.59 Å². The number of likely N-dealkylation sites (tertiary alicyclic amines) is 1. The minimum Gasteiger partial charge on any atom is -0.507 e. The molecule has 0 radical (unpaired) electrons. The van der Waals surface area contributed by atoms with Gasteiger partial charge in [0.2, 0.25) is 0 Å². The van der Waals surface area contributed by atoms with Gasteiger partial charge in [-0.1, -0.05) is 12.1 Å². The predicted octanol–water partition coefficient (Wildman–Crippen LogP) is 2.81. The molecule has 2 N–H and O–H groups in total. The highest BCUT2D eigenvalue weighted by Crippen LogP contribution is 2.46. The molecular formula is C26H33N3O7. The van der Waals surface area contributed by atoms with Crippen LogP contribution in [0.4, 0.5) is 0 Å². The lowest BCUT2D eigenvalue weighted by Gasteiger charge is -2.27. The van der Waals surface area contributed by atoms with Crippen LogP contribution in [0.15, 0.2) is 23.8 Å². The third-order valence-corrected chi connectivity index (χ3v) is 6.34. The van der Waals surface area contributed by atoms with Gasteiger partial charge in [0.1, 0.15) is 11.5 Å². The highest BCUT2D eigenvalue weighted by Gasteiger charge is 2.47. The number of aromatic amines is 1. The van der Waals surface area contributed by atoms with Crippen LogP contribution in [0.3, 0.4) is 0 Å². The maximum Gasteiger partial charge on any atom is 0.354 e. The SMILES string of the molecule is COC(=O)c1[nH]c(C)c(/C(O)=C2\C(=O)C(=O)N(CCCN(C)C)[C@@H]2c2cccc(OC)c2OC)c1C. The largest absolute Gasteiger partial charge is 0.507 e. The van der Waals surface area contributed by atoms with E-state index in [1.807, 2.05) is 19.0 Å². The minimum atomic E-state index is -0.924. The average Bonchev–Trinajstić information content (AvgIpc) is 3.29. The normalized spacial score (nSPS) is 17.1. The molecule has 10 nitrogen and oxygen atoms in total. The molecule has 2 aromatic rings. The number of Topliss-reactive ketones (excluding diaryl/α,β-unsaturated/α-hetero) is 1. The zero-order valence-electron chi connectivity index (χ0n) is 21.7. The number of para-hydroxylation sites is 1. The molecular weight excluding hydrogens is 466 g/mol. The molecule has 0 aliphatic carbocycles. The van der Waals surface area contributed by atoms with Crippen LogP contribution < -0.4 is 9.47 Å². The lowest BCUT2D eigenvalue weighted by molar-refractivity contribution is -0.140. The van der Waals surface area contributed by atoms with E-state index in [9.17, 15) is 19.5 Å². The number of amides is 1. The molecule has 3 rings (SSSR count). The number of carbonyl (C=O) groups is 3. The first kappa shape index (κ1) is 26.8. The fourth-order valence-corrected chi connectivity index (χ4v) is 4.66. The maximum absolute atomic E-state index is 13.4. The number of ketones is 1. The molecule has 1 aliphatic rings. The molecule has 0 bridgehead atoms. The Balaban J connectivity index is 2.27. The van der Waals surface area contributed by atoms with Crippen molar-refractivity contribution in [2.45, 2.75) is 26.3 Å². The second-order valence-corrected chi connectivity index (χ2v) is 8.85. The van der Waals surface area contributed by atoms with Crippen molar-refractivity contribution in [1.29, 1.82) is 0 Å². The van der Waals surface area contributed by atoms with Crippen molar-refractivity contribution >= 4 is 23.4 Å². The number of aryl methyl sites for hydroxylation is 1. The number of hydrogen-bond donors (Lipinski definition) is 2. The van der Waals surface area contributed by atoms with E-state index >= 15 is 0 Å². The Hall–Kier alpha value is -3.79. The molecule has 10 heteroatoms. The average molecular weight is 500 g/mol. The topological polar surface area (TPSA) is 121 Å². The first-order valence-corrected chi connectivity index (χ1v) is 11.5. The van der Waals surface area contributed by atoms with E-state index in [1.54, 1.807) is 32.0 Å². The molecule has 0 saturated carbocycles. The number of benzene rings is 1. The summed E-state index contributed by atoms with van der Waals surface area (Å²) in [4.78, 5) is 45.2. The molecule has 36 heavy (non-hydrogen) atoms. The van der Waals surface area contributed by atoms with E-state index in [0.29, 0.717) is 41.3 Å². The maximum atomic E-state index is 13.4. The van der Waals surface area contributed by atoms with Gasteiger partial charge in [-0.25, -0.2) is 4.79 Å². The monoisotopic (exact) mass is 499 g/mol. The zero-order chi connectivity index (χ0) is 26.7. The van der Waals surface area contributed by atoms with Crippen molar-refractivity contribution in [2.24, 2.45) is 0 Å². The van der Waals surface area contributed by atoms with E-state index in [0.717, 1.165) is 0 Å². The number of aliphatic hydroxyl groups is 1. The Morgan fingerprint density at radius 2 is 1.83 bits per heavy atom. The fraction of sp³-hybridized carbons (Fsp3) is 0.423. The second-order valence-electron chi connectivity index (χ2n) is 8.85. The molecule has 1 fully saturated rings. The standard InChI is InChI=1S/C26H33N3O7/c1-14-18(15(2)27-20(14)26(33)36-7)22(30)19-21(16-10-8-11-17(34-5)24(16)35-6)29(25(32)23(19)31)13-9-12-28(3)4/h8,10-11,21,27,30H,9,12-13H2,1-7H3/b22-19+/t21-/m1/s1. The van der Waals surface area contributed by atoms with E-state index < -0.39 is 23.7 Å². The summed E-state index contributed by atoms with van der Waals surface area (Å²) in [5.74, 6) is -1.73. The van der Waals surface area contributed by atoms with Crippen molar-refractivity contribution < 1.29 is 33.7 Å². The number of carbonyl (C=O) groups excluding carboxylic acids is 3. The summed E-state index contributed by atoms with van der Waals surface area (Å²) >= 11 is 0. The molecule has 1 saturated heterocycles. The summed E-state index contributed by atoms with van der Waals surface area (Å²) in [5.41, 5.74) is 1.72. The second kappa shape index (κ2) is 10.9. The smallest absolute Gasteiger partial charge is 0.354 e. The molecule has 2 heterocycles. The highest BCUT2D eigenvalue weighted by molar-refractivity contribution is 6.46. The lowest BCUT2D eigenvalue weighted by Crippen LogP contribution is -2.32. The van der Waals surface area contributed by atoms with Crippen LogP contribution >= 0.6 is 0 Å². The van der Waals surface area contributed by atoms with E-state index in [1.165, 1.54) is 26.2 Å². The zero-order valence-corrected chi connectivity index (χ0v) is 21.7. The molecule has 1 aromatic carbocycles. The number of aromatic nitrogens is 1. The molecule has 194 valence electrons. The molecule has 1 aromatic heterocycles. The Kier molecular flexibility index (Phi) is 8.09. The number of H-pyrrole nitrogens is 1. The third kappa shape index (κ3) is 4.68. The summed E-state index contributed by atoms with van der Waals surface area (Å²) < 4.78 is 15.9. The number of rotatable bonds is 9. The van der Waals surface area contributed by atoms with Gasteiger partial charge in [-0.05, 0) is 52.5 Å². The van der Waals surface area contributed by atoms with E-state index in [4.69, 9.17) is 14.2 Å². The Morgan fingerprint density at radius 1 is 1.14 bits per heavy atom. The van der Waals surface area contributed by atoms with Crippen LogP contribution in [-0.2, 0) is 14.3 Å². The number of methoxy groups -OCH3 is 3.